The van der Waals surface area contributed by atoms with Crippen molar-refractivity contribution in [3.05, 3.63) is 35.4 Å². The molecule has 1 aromatic rings. The van der Waals surface area contributed by atoms with Gasteiger partial charge in [-0.15, -0.1) is 0 Å². The van der Waals surface area contributed by atoms with Gasteiger partial charge >= 0.3 is 0 Å². The molecule has 1 aromatic carbocycles. The van der Waals surface area contributed by atoms with Gasteiger partial charge in [0.25, 0.3) is 0 Å². The highest BCUT2D eigenvalue weighted by atomic mass is 32.2. The highest BCUT2D eigenvalue weighted by molar-refractivity contribution is 7.98. The van der Waals surface area contributed by atoms with Crippen LogP contribution in [-0.2, 0) is 11.3 Å². The minimum absolute atomic E-state index is 0.0882. The van der Waals surface area contributed by atoms with Crippen LogP contribution in [0.15, 0.2) is 18.2 Å². The Kier molecular flexibility index (Phi) is 7.45. The zero-order valence-electron chi connectivity index (χ0n) is 13.9. The molecule has 4 nitrogen and oxygen atoms in total. The molecule has 0 unspecified atom stereocenters. The van der Waals surface area contributed by atoms with E-state index >= 15 is 0 Å². The van der Waals surface area contributed by atoms with Crippen LogP contribution in [0.5, 0.6) is 0 Å². The van der Waals surface area contributed by atoms with Crippen LogP contribution in [0.25, 0.3) is 0 Å². The summed E-state index contributed by atoms with van der Waals surface area (Å²) in [6.07, 6.45) is 4.30. The van der Waals surface area contributed by atoms with Gasteiger partial charge in [-0.1, -0.05) is 0 Å². The van der Waals surface area contributed by atoms with E-state index in [1.54, 1.807) is 11.8 Å². The van der Waals surface area contributed by atoms with Crippen molar-refractivity contribution < 1.29 is 13.6 Å². The van der Waals surface area contributed by atoms with Gasteiger partial charge in [-0.25, -0.2) is 8.78 Å². The standard InChI is InChI=1S/C17H25F2N3OS/c1-24-7-4-16(20)17(23)21-15-2-5-22(6-3-15)11-12-8-13(18)10-14(19)9-12/h8-10,15-16H,2-7,11,20H2,1H3,(H,21,23)/t16-/m0/s1. The van der Waals surface area contributed by atoms with E-state index in [9.17, 15) is 13.6 Å². The van der Waals surface area contributed by atoms with E-state index in [2.05, 4.69) is 10.2 Å². The van der Waals surface area contributed by atoms with Gasteiger partial charge in [-0.2, -0.15) is 11.8 Å². The maximum atomic E-state index is 13.2. The van der Waals surface area contributed by atoms with Crippen molar-refractivity contribution in [3.8, 4) is 0 Å². The van der Waals surface area contributed by atoms with Crippen molar-refractivity contribution >= 4 is 17.7 Å². The van der Waals surface area contributed by atoms with Gasteiger partial charge in [0, 0.05) is 31.7 Å². The number of likely N-dealkylation sites (tertiary alicyclic amines) is 1. The second-order valence-electron chi connectivity index (χ2n) is 6.22. The van der Waals surface area contributed by atoms with E-state index in [1.165, 1.54) is 12.1 Å². The molecule has 1 amide bonds. The molecule has 7 heteroatoms. The molecule has 0 saturated carbocycles. The first-order valence-corrected chi connectivity index (χ1v) is 9.59. The van der Waals surface area contributed by atoms with E-state index in [1.807, 2.05) is 6.26 Å². The highest BCUT2D eigenvalue weighted by Gasteiger charge is 2.23. The second kappa shape index (κ2) is 9.34. The number of amides is 1. The topological polar surface area (TPSA) is 58.4 Å². The average molecular weight is 357 g/mol. The number of halogens is 2. The number of hydrogen-bond acceptors (Lipinski definition) is 4. The summed E-state index contributed by atoms with van der Waals surface area (Å²) in [7, 11) is 0. The SMILES string of the molecule is CSCC[C@H](N)C(=O)NC1CCN(Cc2cc(F)cc(F)c2)CC1. The summed E-state index contributed by atoms with van der Waals surface area (Å²) in [5.74, 6) is -0.315. The number of piperidine rings is 1. The van der Waals surface area contributed by atoms with Crippen LogP contribution >= 0.6 is 11.8 Å². The fraction of sp³-hybridized carbons (Fsp3) is 0.588. The lowest BCUT2D eigenvalue weighted by Gasteiger charge is -2.32. The fourth-order valence-corrected chi connectivity index (χ4v) is 3.37. The molecule has 134 valence electrons. The van der Waals surface area contributed by atoms with Crippen LogP contribution in [0, 0.1) is 11.6 Å². The quantitative estimate of drug-likeness (QED) is 0.785. The summed E-state index contributed by atoms with van der Waals surface area (Å²) in [4.78, 5) is 14.2. The summed E-state index contributed by atoms with van der Waals surface area (Å²) in [5.41, 5.74) is 6.50. The highest BCUT2D eigenvalue weighted by Crippen LogP contribution is 2.16. The van der Waals surface area contributed by atoms with E-state index in [4.69, 9.17) is 5.73 Å². The number of nitrogens with two attached hydrogens (primary N) is 1. The van der Waals surface area contributed by atoms with E-state index in [0.29, 0.717) is 18.5 Å². The molecule has 0 bridgehead atoms. The molecular weight excluding hydrogens is 332 g/mol. The zero-order chi connectivity index (χ0) is 17.5. The Balaban J connectivity index is 1.76. The molecule has 0 aromatic heterocycles. The van der Waals surface area contributed by atoms with E-state index < -0.39 is 17.7 Å². The van der Waals surface area contributed by atoms with Crippen molar-refractivity contribution in [1.29, 1.82) is 0 Å². The Morgan fingerprint density at radius 2 is 1.96 bits per heavy atom. The Labute approximate surface area is 146 Å². The number of nitrogens with one attached hydrogen (secondary N) is 1. The Morgan fingerprint density at radius 1 is 1.33 bits per heavy atom. The van der Waals surface area contributed by atoms with Crippen LogP contribution in [-0.4, -0.2) is 48.0 Å². The Hall–Kier alpha value is -1.18. The largest absolute Gasteiger partial charge is 0.352 e. The predicted molar refractivity (Wildman–Crippen MR) is 93.8 cm³/mol. The van der Waals surface area contributed by atoms with Gasteiger partial charge < -0.3 is 11.1 Å². The van der Waals surface area contributed by atoms with E-state index in [-0.39, 0.29) is 11.9 Å². The van der Waals surface area contributed by atoms with Crippen LogP contribution in [0.2, 0.25) is 0 Å². The smallest absolute Gasteiger partial charge is 0.237 e. The number of benzene rings is 1. The number of hydrogen-bond donors (Lipinski definition) is 2. The first kappa shape index (κ1) is 19.1. The lowest BCUT2D eigenvalue weighted by Crippen LogP contribution is -2.49. The minimum atomic E-state index is -0.550. The van der Waals surface area contributed by atoms with Gasteiger partial charge in [0.15, 0.2) is 0 Å². The summed E-state index contributed by atoms with van der Waals surface area (Å²) in [5, 5.41) is 3.01. The molecule has 1 aliphatic heterocycles. The van der Waals surface area contributed by atoms with Crippen LogP contribution in [0.4, 0.5) is 8.78 Å². The first-order valence-electron chi connectivity index (χ1n) is 8.20. The Morgan fingerprint density at radius 3 is 2.54 bits per heavy atom. The molecular formula is C17H25F2N3OS. The number of carbonyl (C=O) groups is 1. The molecule has 1 atom stereocenters. The van der Waals surface area contributed by atoms with Crippen LogP contribution < -0.4 is 11.1 Å². The van der Waals surface area contributed by atoms with Gasteiger partial charge in [-0.05, 0) is 49.0 Å². The number of carbonyl (C=O) groups excluding carboxylic acids is 1. The van der Waals surface area contributed by atoms with Crippen molar-refractivity contribution in [2.75, 3.05) is 25.1 Å². The van der Waals surface area contributed by atoms with E-state index in [0.717, 1.165) is 37.8 Å². The number of nitrogens with zero attached hydrogens (tertiary/aromatic N) is 1. The van der Waals surface area contributed by atoms with Crippen molar-refractivity contribution in [3.63, 3.8) is 0 Å². The molecule has 1 saturated heterocycles. The molecule has 2 rings (SSSR count). The van der Waals surface area contributed by atoms with Gasteiger partial charge in [0.2, 0.25) is 5.91 Å². The monoisotopic (exact) mass is 357 g/mol. The van der Waals surface area contributed by atoms with Crippen LogP contribution in [0.1, 0.15) is 24.8 Å². The maximum absolute atomic E-state index is 13.2. The van der Waals surface area contributed by atoms with Crippen molar-refractivity contribution in [2.45, 2.75) is 37.9 Å². The molecule has 0 spiro atoms. The predicted octanol–water partition coefficient (Wildman–Crippen LogP) is 2.13. The number of rotatable bonds is 7. The van der Waals surface area contributed by atoms with Crippen molar-refractivity contribution in [1.82, 2.24) is 10.2 Å². The molecule has 1 heterocycles. The lowest BCUT2D eigenvalue weighted by molar-refractivity contribution is -0.123. The molecule has 3 N–H and O–H groups in total. The first-order chi connectivity index (χ1) is 11.5. The maximum Gasteiger partial charge on any atom is 0.237 e. The Bertz CT molecular complexity index is 530. The third kappa shape index (κ3) is 6.03. The normalized spacial score (nSPS) is 17.7. The molecule has 1 fully saturated rings. The summed E-state index contributed by atoms with van der Waals surface area (Å²) in [6.45, 7) is 2.08. The summed E-state index contributed by atoms with van der Waals surface area (Å²) in [6, 6.07) is 3.28. The van der Waals surface area contributed by atoms with Crippen LogP contribution in [0.3, 0.4) is 0 Å². The average Bonchev–Trinajstić information content (AvgIpc) is 2.53. The second-order valence-corrected chi connectivity index (χ2v) is 7.21. The number of thioether (sulfide) groups is 1. The van der Waals surface area contributed by atoms with Crippen molar-refractivity contribution in [2.24, 2.45) is 5.73 Å². The third-order valence-corrected chi connectivity index (χ3v) is 4.88. The minimum Gasteiger partial charge on any atom is -0.352 e. The molecule has 24 heavy (non-hydrogen) atoms. The molecule has 0 aliphatic carbocycles. The zero-order valence-corrected chi connectivity index (χ0v) is 14.7. The lowest BCUT2D eigenvalue weighted by atomic mass is 10.0. The third-order valence-electron chi connectivity index (χ3n) is 4.23. The summed E-state index contributed by atoms with van der Waals surface area (Å²) < 4.78 is 26.5. The molecule has 0 radical (unpaired) electrons. The summed E-state index contributed by atoms with van der Waals surface area (Å²) >= 11 is 1.68. The molecule has 1 aliphatic rings. The fourth-order valence-electron chi connectivity index (χ4n) is 2.88. The van der Waals surface area contributed by atoms with Gasteiger partial charge in [0.1, 0.15) is 11.6 Å². The van der Waals surface area contributed by atoms with Gasteiger partial charge in [-0.3, -0.25) is 9.69 Å². The van der Waals surface area contributed by atoms with Gasteiger partial charge in [0.05, 0.1) is 6.04 Å².